The third-order valence-electron chi connectivity index (χ3n) is 2.88. The Morgan fingerprint density at radius 1 is 1.25 bits per heavy atom. The Bertz CT molecular complexity index is 525. The van der Waals surface area contributed by atoms with Crippen molar-refractivity contribution in [2.75, 3.05) is 6.54 Å². The van der Waals surface area contributed by atoms with Gasteiger partial charge >= 0.3 is 0 Å². The molecule has 1 N–H and O–H groups in total. The van der Waals surface area contributed by atoms with E-state index in [1.807, 2.05) is 24.3 Å². The van der Waals surface area contributed by atoms with Crippen molar-refractivity contribution in [2.24, 2.45) is 5.92 Å². The lowest BCUT2D eigenvalue weighted by Crippen LogP contribution is -2.19. The van der Waals surface area contributed by atoms with E-state index in [4.69, 9.17) is 16.0 Å². The molecular weight excluding hydrogens is 290 g/mol. The van der Waals surface area contributed by atoms with E-state index in [2.05, 4.69) is 25.2 Å². The Labute approximate surface area is 129 Å². The molecule has 2 rings (SSSR count). The van der Waals surface area contributed by atoms with Gasteiger partial charge in [-0.05, 0) is 42.3 Å². The molecule has 0 aliphatic carbocycles. The lowest BCUT2D eigenvalue weighted by molar-refractivity contribution is 0.530. The summed E-state index contributed by atoms with van der Waals surface area (Å²) in [5.41, 5.74) is 1.17. The molecule has 0 bridgehead atoms. The third-order valence-corrected chi connectivity index (χ3v) is 4.36. The van der Waals surface area contributed by atoms with Gasteiger partial charge in [0.05, 0.1) is 12.0 Å². The molecule has 0 spiro atoms. The molecule has 0 atom stereocenters. The van der Waals surface area contributed by atoms with Crippen LogP contribution in [0.5, 0.6) is 0 Å². The van der Waals surface area contributed by atoms with Gasteiger partial charge in [-0.25, -0.2) is 0 Å². The van der Waals surface area contributed by atoms with Crippen molar-refractivity contribution in [1.82, 2.24) is 5.32 Å². The van der Waals surface area contributed by atoms with E-state index in [-0.39, 0.29) is 0 Å². The minimum absolute atomic E-state index is 0.636. The molecule has 1 aromatic heterocycles. The zero-order valence-corrected chi connectivity index (χ0v) is 13.4. The lowest BCUT2D eigenvalue weighted by Gasteiger charge is -2.13. The summed E-state index contributed by atoms with van der Waals surface area (Å²) in [7, 11) is 0. The molecule has 1 aromatic carbocycles. The maximum Gasteiger partial charge on any atom is 0.113 e. The molecule has 2 aromatic rings. The minimum Gasteiger partial charge on any atom is -0.468 e. The molecule has 4 heteroatoms. The van der Waals surface area contributed by atoms with Gasteiger partial charge in [0.2, 0.25) is 0 Å². The van der Waals surface area contributed by atoms with Crippen molar-refractivity contribution in [3.05, 3.63) is 52.9 Å². The Morgan fingerprint density at radius 3 is 2.80 bits per heavy atom. The second kappa shape index (κ2) is 7.77. The zero-order chi connectivity index (χ0) is 14.4. The van der Waals surface area contributed by atoms with E-state index in [0.29, 0.717) is 5.92 Å². The van der Waals surface area contributed by atoms with Gasteiger partial charge in [0, 0.05) is 16.5 Å². The molecule has 0 radical (unpaired) electrons. The van der Waals surface area contributed by atoms with Gasteiger partial charge in [-0.1, -0.05) is 31.5 Å². The van der Waals surface area contributed by atoms with Gasteiger partial charge in [-0.15, -0.1) is 11.8 Å². The first-order chi connectivity index (χ1) is 9.66. The van der Waals surface area contributed by atoms with E-state index in [1.54, 1.807) is 18.0 Å². The summed E-state index contributed by atoms with van der Waals surface area (Å²) in [6.07, 6.45) is 1.71. The number of thioether (sulfide) groups is 1. The van der Waals surface area contributed by atoms with Gasteiger partial charge in [0.25, 0.3) is 0 Å². The van der Waals surface area contributed by atoms with Crippen LogP contribution in [0.4, 0.5) is 0 Å². The molecule has 2 nitrogen and oxygen atoms in total. The van der Waals surface area contributed by atoms with E-state index in [1.165, 1.54) is 10.5 Å². The Balaban J connectivity index is 2.01. The van der Waals surface area contributed by atoms with Crippen LogP contribution in [0.15, 0.2) is 45.9 Å². The molecular formula is C16H20ClNOS. The molecule has 0 amide bonds. The third kappa shape index (κ3) is 4.58. The van der Waals surface area contributed by atoms with Crippen molar-refractivity contribution in [2.45, 2.75) is 31.0 Å². The van der Waals surface area contributed by atoms with Crippen molar-refractivity contribution in [1.29, 1.82) is 0 Å². The van der Waals surface area contributed by atoms with Crippen LogP contribution in [0.3, 0.4) is 0 Å². The smallest absolute Gasteiger partial charge is 0.113 e. The van der Waals surface area contributed by atoms with Crippen LogP contribution in [-0.4, -0.2) is 6.54 Å². The quantitative estimate of drug-likeness (QED) is 0.731. The fourth-order valence-corrected chi connectivity index (χ4v) is 3.17. The average Bonchev–Trinajstić information content (AvgIpc) is 2.91. The highest BCUT2D eigenvalue weighted by Gasteiger charge is 2.08. The van der Waals surface area contributed by atoms with E-state index in [0.717, 1.165) is 29.6 Å². The van der Waals surface area contributed by atoms with Crippen molar-refractivity contribution < 1.29 is 4.42 Å². The molecule has 0 saturated heterocycles. The SMILES string of the molecule is CC(C)CNCc1c(Cl)cccc1SCc1ccco1. The van der Waals surface area contributed by atoms with Gasteiger partial charge in [0.1, 0.15) is 5.76 Å². The lowest BCUT2D eigenvalue weighted by atomic mass is 10.2. The number of nitrogens with one attached hydrogen (secondary N) is 1. The normalized spacial score (nSPS) is 11.2. The second-order valence-corrected chi connectivity index (χ2v) is 6.53. The predicted molar refractivity (Wildman–Crippen MR) is 86.3 cm³/mol. The van der Waals surface area contributed by atoms with Crippen molar-refractivity contribution in [3.8, 4) is 0 Å². The van der Waals surface area contributed by atoms with E-state index in [9.17, 15) is 0 Å². The maximum atomic E-state index is 6.33. The Hall–Kier alpha value is -0.900. The average molecular weight is 310 g/mol. The number of hydrogen-bond donors (Lipinski definition) is 1. The Kier molecular flexibility index (Phi) is 6.02. The van der Waals surface area contributed by atoms with Gasteiger partial charge in [-0.3, -0.25) is 0 Å². The zero-order valence-electron chi connectivity index (χ0n) is 11.9. The fraction of sp³-hybridized carbons (Fsp3) is 0.375. The molecule has 0 saturated carbocycles. The predicted octanol–water partition coefficient (Wildman–Crippen LogP) is 4.97. The summed E-state index contributed by atoms with van der Waals surface area (Å²) < 4.78 is 5.37. The molecule has 0 aliphatic rings. The van der Waals surface area contributed by atoms with Crippen LogP contribution in [0.25, 0.3) is 0 Å². The molecule has 0 aliphatic heterocycles. The monoisotopic (exact) mass is 309 g/mol. The maximum absolute atomic E-state index is 6.33. The number of halogens is 1. The van der Waals surface area contributed by atoms with Crippen LogP contribution < -0.4 is 5.32 Å². The molecule has 108 valence electrons. The highest BCUT2D eigenvalue weighted by atomic mass is 35.5. The van der Waals surface area contributed by atoms with E-state index < -0.39 is 0 Å². The fourth-order valence-electron chi connectivity index (χ4n) is 1.88. The summed E-state index contributed by atoms with van der Waals surface area (Å²) in [5.74, 6) is 2.44. The van der Waals surface area contributed by atoms with Crippen LogP contribution >= 0.6 is 23.4 Å². The van der Waals surface area contributed by atoms with Crippen LogP contribution in [-0.2, 0) is 12.3 Å². The number of rotatable bonds is 7. The van der Waals surface area contributed by atoms with Crippen LogP contribution in [0.1, 0.15) is 25.2 Å². The molecule has 1 heterocycles. The standard InChI is InChI=1S/C16H20ClNOS/c1-12(2)9-18-10-14-15(17)6-3-7-16(14)20-11-13-5-4-8-19-13/h3-8,12,18H,9-11H2,1-2H3. The topological polar surface area (TPSA) is 25.2 Å². The first-order valence-electron chi connectivity index (χ1n) is 6.80. The van der Waals surface area contributed by atoms with Crippen molar-refractivity contribution in [3.63, 3.8) is 0 Å². The largest absolute Gasteiger partial charge is 0.468 e. The molecule has 0 fully saturated rings. The number of furan rings is 1. The van der Waals surface area contributed by atoms with Gasteiger partial charge in [0.15, 0.2) is 0 Å². The Morgan fingerprint density at radius 2 is 2.10 bits per heavy atom. The summed E-state index contributed by atoms with van der Waals surface area (Å²) in [5, 5.41) is 4.28. The van der Waals surface area contributed by atoms with Gasteiger partial charge < -0.3 is 9.73 Å². The first-order valence-corrected chi connectivity index (χ1v) is 8.16. The first kappa shape index (κ1) is 15.5. The van der Waals surface area contributed by atoms with Crippen molar-refractivity contribution >= 4 is 23.4 Å². The second-order valence-electron chi connectivity index (χ2n) is 5.11. The summed E-state index contributed by atoms with van der Waals surface area (Å²) in [6, 6.07) is 9.97. The number of benzene rings is 1. The summed E-state index contributed by atoms with van der Waals surface area (Å²) in [6.45, 7) is 6.20. The molecule has 20 heavy (non-hydrogen) atoms. The van der Waals surface area contributed by atoms with Crippen LogP contribution in [0, 0.1) is 5.92 Å². The van der Waals surface area contributed by atoms with E-state index >= 15 is 0 Å². The summed E-state index contributed by atoms with van der Waals surface area (Å²) in [4.78, 5) is 1.21. The highest BCUT2D eigenvalue weighted by molar-refractivity contribution is 7.98. The van der Waals surface area contributed by atoms with Gasteiger partial charge in [-0.2, -0.15) is 0 Å². The summed E-state index contributed by atoms with van der Waals surface area (Å²) >= 11 is 8.09. The highest BCUT2D eigenvalue weighted by Crippen LogP contribution is 2.30. The molecule has 0 unspecified atom stereocenters. The minimum atomic E-state index is 0.636. The van der Waals surface area contributed by atoms with Crippen LogP contribution in [0.2, 0.25) is 5.02 Å². The number of hydrogen-bond acceptors (Lipinski definition) is 3.